The predicted octanol–water partition coefficient (Wildman–Crippen LogP) is 2.93. The van der Waals surface area contributed by atoms with Crippen LogP contribution in [0.15, 0.2) is 28.7 Å². The molecule has 25 heavy (non-hydrogen) atoms. The molecule has 3 heterocycles. The van der Waals surface area contributed by atoms with E-state index in [4.69, 9.17) is 9.15 Å². The summed E-state index contributed by atoms with van der Waals surface area (Å²) in [5.41, 5.74) is 1.54. The summed E-state index contributed by atoms with van der Waals surface area (Å²) in [6, 6.07) is 7.81. The molecule has 0 saturated carbocycles. The molecule has 0 spiro atoms. The van der Waals surface area contributed by atoms with E-state index in [9.17, 15) is 4.79 Å². The minimum absolute atomic E-state index is 0.120. The van der Waals surface area contributed by atoms with Gasteiger partial charge in [-0.15, -0.1) is 0 Å². The highest BCUT2D eigenvalue weighted by atomic mass is 16.5. The van der Waals surface area contributed by atoms with Crippen molar-refractivity contribution in [3.05, 3.63) is 35.6 Å². The Bertz CT molecular complexity index is 748. The summed E-state index contributed by atoms with van der Waals surface area (Å²) in [5.74, 6) is 1.39. The number of furan rings is 1. The third-order valence-corrected chi connectivity index (χ3v) is 5.41. The van der Waals surface area contributed by atoms with Gasteiger partial charge in [0.1, 0.15) is 11.3 Å². The summed E-state index contributed by atoms with van der Waals surface area (Å²) >= 11 is 0. The van der Waals surface area contributed by atoms with E-state index < -0.39 is 0 Å². The van der Waals surface area contributed by atoms with Crippen molar-refractivity contribution >= 4 is 16.9 Å². The number of benzene rings is 1. The van der Waals surface area contributed by atoms with Gasteiger partial charge in [0.15, 0.2) is 0 Å². The zero-order valence-electron chi connectivity index (χ0n) is 14.9. The van der Waals surface area contributed by atoms with Crippen molar-refractivity contribution in [3.63, 3.8) is 0 Å². The van der Waals surface area contributed by atoms with Crippen LogP contribution in [0, 0.1) is 12.8 Å². The number of morpholine rings is 1. The first-order valence-corrected chi connectivity index (χ1v) is 9.30. The average Bonchev–Trinajstić information content (AvgIpc) is 2.98. The van der Waals surface area contributed by atoms with E-state index in [1.807, 2.05) is 36.1 Å². The number of carbonyl (C=O) groups is 1. The lowest BCUT2D eigenvalue weighted by molar-refractivity contribution is 0.0224. The van der Waals surface area contributed by atoms with E-state index in [-0.39, 0.29) is 5.91 Å². The summed E-state index contributed by atoms with van der Waals surface area (Å²) in [7, 11) is 0. The second-order valence-corrected chi connectivity index (χ2v) is 7.20. The lowest BCUT2D eigenvalue weighted by atomic mass is 9.96. The number of rotatable bonds is 3. The quantitative estimate of drug-likeness (QED) is 0.860. The zero-order chi connectivity index (χ0) is 17.2. The Labute approximate surface area is 148 Å². The molecule has 5 nitrogen and oxygen atoms in total. The zero-order valence-corrected chi connectivity index (χ0v) is 14.9. The number of ether oxygens (including phenoxy) is 1. The van der Waals surface area contributed by atoms with Crippen molar-refractivity contribution in [2.45, 2.75) is 19.8 Å². The Hall–Kier alpha value is -1.85. The molecule has 0 radical (unpaired) electrons. The second-order valence-electron chi connectivity index (χ2n) is 7.20. The third kappa shape index (κ3) is 3.44. The van der Waals surface area contributed by atoms with Gasteiger partial charge in [0, 0.05) is 38.1 Å². The fourth-order valence-corrected chi connectivity index (χ4v) is 4.14. The molecule has 4 rings (SSSR count). The van der Waals surface area contributed by atoms with Gasteiger partial charge >= 0.3 is 0 Å². The molecule has 0 bridgehead atoms. The number of hydrogen-bond acceptors (Lipinski definition) is 4. The van der Waals surface area contributed by atoms with Crippen LogP contribution in [0.2, 0.25) is 0 Å². The van der Waals surface area contributed by atoms with Gasteiger partial charge in [-0.05, 0) is 31.7 Å². The SMILES string of the molecule is Cc1oc2ccccc2c1C(=O)N1CCC[C@H](CN2CCOCC2)C1. The minimum atomic E-state index is 0.120. The number of para-hydroxylation sites is 1. The molecular formula is C20H26N2O3. The van der Waals surface area contributed by atoms with Crippen LogP contribution >= 0.6 is 0 Å². The first-order valence-electron chi connectivity index (χ1n) is 9.30. The molecule has 134 valence electrons. The first-order chi connectivity index (χ1) is 12.2. The lowest BCUT2D eigenvalue weighted by Crippen LogP contribution is -2.46. The van der Waals surface area contributed by atoms with Crippen LogP contribution in [-0.4, -0.2) is 61.6 Å². The number of hydrogen-bond donors (Lipinski definition) is 0. The van der Waals surface area contributed by atoms with Crippen LogP contribution in [0.3, 0.4) is 0 Å². The van der Waals surface area contributed by atoms with E-state index in [2.05, 4.69) is 4.90 Å². The third-order valence-electron chi connectivity index (χ3n) is 5.41. The number of carbonyl (C=O) groups excluding carboxylic acids is 1. The monoisotopic (exact) mass is 342 g/mol. The molecule has 1 aromatic carbocycles. The molecule has 1 aromatic heterocycles. The normalized spacial score (nSPS) is 22.4. The fourth-order valence-electron chi connectivity index (χ4n) is 4.14. The molecule has 2 aliphatic heterocycles. The highest BCUT2D eigenvalue weighted by molar-refractivity contribution is 6.07. The fraction of sp³-hybridized carbons (Fsp3) is 0.550. The molecule has 1 atom stereocenters. The van der Waals surface area contributed by atoms with Gasteiger partial charge in [-0.3, -0.25) is 9.69 Å². The highest BCUT2D eigenvalue weighted by Crippen LogP contribution is 2.28. The molecule has 0 aliphatic carbocycles. The average molecular weight is 342 g/mol. The maximum Gasteiger partial charge on any atom is 0.258 e. The number of nitrogens with zero attached hydrogens (tertiary/aromatic N) is 2. The summed E-state index contributed by atoms with van der Waals surface area (Å²) in [6.07, 6.45) is 2.28. The van der Waals surface area contributed by atoms with Gasteiger partial charge in [-0.25, -0.2) is 0 Å². The molecule has 2 saturated heterocycles. The summed E-state index contributed by atoms with van der Waals surface area (Å²) < 4.78 is 11.2. The Balaban J connectivity index is 1.48. The molecule has 0 N–H and O–H groups in total. The molecular weight excluding hydrogens is 316 g/mol. The molecule has 2 fully saturated rings. The van der Waals surface area contributed by atoms with E-state index in [1.54, 1.807) is 0 Å². The Kier molecular flexibility index (Phi) is 4.77. The summed E-state index contributed by atoms with van der Waals surface area (Å²) in [4.78, 5) is 17.7. The minimum Gasteiger partial charge on any atom is -0.461 e. The van der Waals surface area contributed by atoms with Gasteiger partial charge < -0.3 is 14.1 Å². The number of amides is 1. The van der Waals surface area contributed by atoms with Crippen LogP contribution in [0.5, 0.6) is 0 Å². The van der Waals surface area contributed by atoms with Crippen LogP contribution in [0.1, 0.15) is 29.0 Å². The second kappa shape index (κ2) is 7.18. The Morgan fingerprint density at radius 3 is 2.84 bits per heavy atom. The standard InChI is InChI=1S/C20H26N2O3/c1-15-19(17-6-2-3-7-18(17)25-15)20(23)22-8-4-5-16(14-22)13-21-9-11-24-12-10-21/h2-3,6-7,16H,4-5,8-14H2,1H3/t16-/m1/s1. The van der Waals surface area contributed by atoms with Gasteiger partial charge in [-0.1, -0.05) is 18.2 Å². The molecule has 2 aromatic rings. The number of aryl methyl sites for hydroxylation is 1. The van der Waals surface area contributed by atoms with Gasteiger partial charge in [-0.2, -0.15) is 0 Å². The Morgan fingerprint density at radius 2 is 2.00 bits per heavy atom. The van der Waals surface area contributed by atoms with Crippen LogP contribution < -0.4 is 0 Å². The van der Waals surface area contributed by atoms with Crippen molar-refractivity contribution in [1.29, 1.82) is 0 Å². The molecule has 2 aliphatic rings. The maximum atomic E-state index is 13.2. The van der Waals surface area contributed by atoms with Crippen LogP contribution in [0.25, 0.3) is 11.0 Å². The predicted molar refractivity (Wildman–Crippen MR) is 96.8 cm³/mol. The molecule has 5 heteroatoms. The van der Waals surface area contributed by atoms with E-state index in [0.717, 1.165) is 74.7 Å². The van der Waals surface area contributed by atoms with Crippen molar-refractivity contribution in [3.8, 4) is 0 Å². The van der Waals surface area contributed by atoms with E-state index in [0.29, 0.717) is 5.92 Å². The van der Waals surface area contributed by atoms with Crippen molar-refractivity contribution in [1.82, 2.24) is 9.80 Å². The Morgan fingerprint density at radius 1 is 1.20 bits per heavy atom. The summed E-state index contributed by atoms with van der Waals surface area (Å²) in [6.45, 7) is 8.32. The number of piperidine rings is 1. The number of likely N-dealkylation sites (tertiary alicyclic amines) is 1. The van der Waals surface area contributed by atoms with Crippen molar-refractivity contribution < 1.29 is 13.9 Å². The van der Waals surface area contributed by atoms with Gasteiger partial charge in [0.05, 0.1) is 18.8 Å². The highest BCUT2D eigenvalue weighted by Gasteiger charge is 2.29. The van der Waals surface area contributed by atoms with Crippen LogP contribution in [0.4, 0.5) is 0 Å². The number of fused-ring (bicyclic) bond motifs is 1. The van der Waals surface area contributed by atoms with Crippen molar-refractivity contribution in [2.24, 2.45) is 5.92 Å². The first kappa shape index (κ1) is 16.6. The summed E-state index contributed by atoms with van der Waals surface area (Å²) in [5, 5.41) is 0.931. The lowest BCUT2D eigenvalue weighted by Gasteiger charge is -2.36. The van der Waals surface area contributed by atoms with Crippen LogP contribution in [-0.2, 0) is 4.74 Å². The van der Waals surface area contributed by atoms with Gasteiger partial charge in [0.2, 0.25) is 0 Å². The van der Waals surface area contributed by atoms with E-state index >= 15 is 0 Å². The molecule has 1 amide bonds. The smallest absolute Gasteiger partial charge is 0.258 e. The van der Waals surface area contributed by atoms with E-state index in [1.165, 1.54) is 6.42 Å². The molecule has 0 unspecified atom stereocenters. The van der Waals surface area contributed by atoms with Gasteiger partial charge in [0.25, 0.3) is 5.91 Å². The van der Waals surface area contributed by atoms with Crippen molar-refractivity contribution in [2.75, 3.05) is 45.9 Å². The largest absolute Gasteiger partial charge is 0.461 e. The maximum absolute atomic E-state index is 13.2. The topological polar surface area (TPSA) is 45.9 Å².